The second-order valence-corrected chi connectivity index (χ2v) is 16.5. The highest BCUT2D eigenvalue weighted by Crippen LogP contribution is 2.29. The number of halogens is 2. The molecule has 0 bridgehead atoms. The van der Waals surface area contributed by atoms with E-state index < -0.39 is 12.1 Å². The van der Waals surface area contributed by atoms with Gasteiger partial charge in [-0.3, -0.25) is 14.2 Å². The summed E-state index contributed by atoms with van der Waals surface area (Å²) >= 11 is 12.6. The van der Waals surface area contributed by atoms with Crippen LogP contribution in [0.5, 0.6) is 0 Å². The number of nitrogens with one attached hydrogen (secondary N) is 5. The largest absolute Gasteiger partial charge is 0.361 e. The van der Waals surface area contributed by atoms with Crippen molar-refractivity contribution in [3.63, 3.8) is 0 Å². The number of aromatic nitrogens is 6. The van der Waals surface area contributed by atoms with Crippen molar-refractivity contribution in [3.05, 3.63) is 104 Å². The number of anilines is 2. The van der Waals surface area contributed by atoms with E-state index in [0.29, 0.717) is 62.1 Å². The van der Waals surface area contributed by atoms with Crippen molar-refractivity contribution >= 4 is 69.2 Å². The topological polar surface area (TPSA) is 250 Å². The van der Waals surface area contributed by atoms with Gasteiger partial charge < -0.3 is 42.5 Å². The molecule has 2 aliphatic carbocycles. The number of pyridine rings is 2. The minimum Gasteiger partial charge on any atom is -0.361 e. The van der Waals surface area contributed by atoms with Crippen LogP contribution >= 0.6 is 23.2 Å². The van der Waals surface area contributed by atoms with E-state index in [0.717, 1.165) is 68.6 Å². The van der Waals surface area contributed by atoms with E-state index in [4.69, 9.17) is 39.4 Å². The summed E-state index contributed by atoms with van der Waals surface area (Å²) in [4.78, 5) is 68.9. The second-order valence-electron chi connectivity index (χ2n) is 15.7. The van der Waals surface area contributed by atoms with E-state index in [9.17, 15) is 19.2 Å². The maximum atomic E-state index is 13.5. The Morgan fingerprint density at radius 2 is 1.21 bits per heavy atom. The van der Waals surface area contributed by atoms with Crippen LogP contribution in [0.4, 0.5) is 21.5 Å². The molecule has 9 N–H and O–H groups in total. The Balaban J connectivity index is 0.000000191. The Kier molecular flexibility index (Phi) is 14.7. The van der Waals surface area contributed by atoms with Gasteiger partial charge in [0.25, 0.3) is 11.1 Å². The summed E-state index contributed by atoms with van der Waals surface area (Å²) in [6.45, 7) is 2.63. The Labute approximate surface area is 372 Å². The lowest BCUT2D eigenvalue weighted by Crippen LogP contribution is -2.42. The van der Waals surface area contributed by atoms with Crippen LogP contribution in [-0.4, -0.2) is 72.3 Å². The minimum atomic E-state index is -0.492. The predicted octanol–water partition coefficient (Wildman–Crippen LogP) is 6.92. The zero-order chi connectivity index (χ0) is 44.5. The Bertz CT molecular complexity index is 2700. The first kappa shape index (κ1) is 44.7. The lowest BCUT2D eigenvalue weighted by Gasteiger charge is -2.29. The number of hydrogen-bond donors (Lipinski definition) is 7. The summed E-state index contributed by atoms with van der Waals surface area (Å²) in [6, 6.07) is 17.6. The fourth-order valence-corrected chi connectivity index (χ4v) is 8.47. The van der Waals surface area contributed by atoms with Crippen LogP contribution in [-0.2, 0) is 11.5 Å². The lowest BCUT2D eigenvalue weighted by atomic mass is 9.91. The first-order chi connectivity index (χ1) is 30.4. The highest BCUT2D eigenvalue weighted by atomic mass is 35.5. The van der Waals surface area contributed by atoms with Gasteiger partial charge in [-0.1, -0.05) is 66.5 Å². The van der Waals surface area contributed by atoms with Crippen molar-refractivity contribution in [1.29, 1.82) is 0 Å². The smallest absolute Gasteiger partial charge is 0.312 e. The molecule has 4 heterocycles. The second kappa shape index (κ2) is 20.7. The molecule has 330 valence electrons. The molecular weight excluding hydrogens is 847 g/mol. The number of rotatable bonds is 12. The number of carbonyl (C=O) groups is 2. The Morgan fingerprint density at radius 1 is 0.714 bits per heavy atom. The molecule has 2 saturated carbocycles. The van der Waals surface area contributed by atoms with E-state index >= 15 is 0 Å². The van der Waals surface area contributed by atoms with E-state index in [1.54, 1.807) is 42.7 Å². The van der Waals surface area contributed by atoms with E-state index in [-0.39, 0.29) is 42.0 Å². The summed E-state index contributed by atoms with van der Waals surface area (Å²) in [7, 11) is 0. The maximum Gasteiger partial charge on any atom is 0.312 e. The molecule has 2 fully saturated rings. The molecule has 4 aromatic heterocycles. The number of carbonyl (C=O) groups excluding carboxylic acids is 2. The lowest BCUT2D eigenvalue weighted by molar-refractivity contribution is 0.0779. The van der Waals surface area contributed by atoms with Crippen molar-refractivity contribution in [3.8, 4) is 22.3 Å². The average molecular weight is 898 g/mol. The quantitative estimate of drug-likeness (QED) is 0.0621. The zero-order valence-corrected chi connectivity index (χ0v) is 36.2. The molecule has 0 atom stereocenters. The number of amides is 4. The minimum absolute atomic E-state index is 0.0851. The highest BCUT2D eigenvalue weighted by Gasteiger charge is 2.24. The number of nitrogens with two attached hydrogens (primary N) is 2. The summed E-state index contributed by atoms with van der Waals surface area (Å²) < 4.78 is 7.25. The number of fused-ring (bicyclic) bond motifs is 2. The standard InChI is InChI=1S/C24H29ClN6O3.C20H21ClN6O2/c1-2-11-34-14-31-21-15(12-19(22(31)32)18-5-3-4-6-20(18)25)13-27-24(30-21)29-17-9-7-16(8-10-17)28-23(26)33;21-16-4-2-1-3-14(16)15-9-11-10-23-20(27-17(11)26-18(15)28)25-13-7-5-12(6-8-13)24-19(22)29/h3-6,12-13,16-17H,2,7-11,14H2,1H3,(H3,26,28,33)(H,27,29,30);1-4,9-10,12-13H,5-8H2,(H3,22,24,29)(H2,23,25,26,27,28). The molecule has 0 radical (unpaired) electrons. The van der Waals surface area contributed by atoms with Crippen molar-refractivity contribution in [1.82, 2.24) is 40.1 Å². The number of ether oxygens (including phenoxy) is 1. The molecule has 2 aromatic carbocycles. The molecular formula is C44H50Cl2N12O5. The van der Waals surface area contributed by atoms with Gasteiger partial charge in [0.1, 0.15) is 18.0 Å². The summed E-state index contributed by atoms with van der Waals surface area (Å²) in [5, 5.41) is 14.7. The third-order valence-electron chi connectivity index (χ3n) is 11.1. The van der Waals surface area contributed by atoms with Crippen LogP contribution < -0.4 is 43.9 Å². The van der Waals surface area contributed by atoms with Crippen LogP contribution in [0.25, 0.3) is 44.3 Å². The number of urea groups is 2. The van der Waals surface area contributed by atoms with Gasteiger partial charge in [0.05, 0.1) is 0 Å². The number of primary amides is 2. The first-order valence-corrected chi connectivity index (χ1v) is 21.7. The van der Waals surface area contributed by atoms with Crippen LogP contribution in [0, 0.1) is 0 Å². The first-order valence-electron chi connectivity index (χ1n) is 21.0. The molecule has 0 unspecified atom stereocenters. The normalized spacial score (nSPS) is 18.5. The fourth-order valence-electron chi connectivity index (χ4n) is 7.99. The maximum absolute atomic E-state index is 13.5. The van der Waals surface area contributed by atoms with Gasteiger partial charge >= 0.3 is 12.1 Å². The van der Waals surface area contributed by atoms with Crippen molar-refractivity contribution in [2.24, 2.45) is 11.5 Å². The molecule has 19 heteroatoms. The van der Waals surface area contributed by atoms with Crippen molar-refractivity contribution < 1.29 is 14.3 Å². The molecule has 2 aliphatic rings. The van der Waals surface area contributed by atoms with Gasteiger partial charge in [-0.05, 0) is 82.1 Å². The van der Waals surface area contributed by atoms with Gasteiger partial charge in [0.15, 0.2) is 0 Å². The van der Waals surface area contributed by atoms with Crippen LogP contribution in [0.2, 0.25) is 10.0 Å². The van der Waals surface area contributed by atoms with Gasteiger partial charge in [-0.15, -0.1) is 0 Å². The van der Waals surface area contributed by atoms with Gasteiger partial charge in [0, 0.05) is 86.2 Å². The van der Waals surface area contributed by atoms with Crippen LogP contribution in [0.15, 0.2) is 82.6 Å². The summed E-state index contributed by atoms with van der Waals surface area (Å²) in [5.41, 5.74) is 13.2. The SMILES string of the molecule is CCCOCn1c(=O)c(-c2ccccc2Cl)cc2cnc(NC3CCC(NC(N)=O)CC3)nc21.NC(=O)NC1CCC(Nc2ncc3cc(-c4ccccc4Cl)c(=O)[nH]c3n2)CC1. The molecule has 8 rings (SSSR count). The van der Waals surface area contributed by atoms with E-state index in [2.05, 4.69) is 46.2 Å². The van der Waals surface area contributed by atoms with E-state index in [1.165, 1.54) is 4.57 Å². The Morgan fingerprint density at radius 3 is 1.75 bits per heavy atom. The third kappa shape index (κ3) is 11.4. The predicted molar refractivity (Wildman–Crippen MR) is 246 cm³/mol. The number of nitrogens with zero attached hydrogens (tertiary/aromatic N) is 5. The summed E-state index contributed by atoms with van der Waals surface area (Å²) in [6.07, 6.45) is 11.0. The van der Waals surface area contributed by atoms with Gasteiger partial charge in [0.2, 0.25) is 11.9 Å². The van der Waals surface area contributed by atoms with Crippen molar-refractivity contribution in [2.45, 2.75) is 95.6 Å². The average Bonchev–Trinajstić information content (AvgIpc) is 3.26. The number of H-pyrrole nitrogens is 1. The molecule has 0 spiro atoms. The molecule has 63 heavy (non-hydrogen) atoms. The number of hydrogen-bond acceptors (Lipinski definition) is 11. The highest BCUT2D eigenvalue weighted by molar-refractivity contribution is 6.33. The van der Waals surface area contributed by atoms with Crippen LogP contribution in [0.1, 0.15) is 64.7 Å². The zero-order valence-electron chi connectivity index (χ0n) is 34.7. The fraction of sp³-hybridized carbons (Fsp3) is 0.364. The Hall–Kier alpha value is -6.30. The molecule has 17 nitrogen and oxygen atoms in total. The van der Waals surface area contributed by atoms with E-state index in [1.807, 2.05) is 37.3 Å². The third-order valence-corrected chi connectivity index (χ3v) is 11.8. The van der Waals surface area contributed by atoms with Gasteiger partial charge in [-0.2, -0.15) is 9.97 Å². The van der Waals surface area contributed by atoms with Crippen molar-refractivity contribution in [2.75, 3.05) is 17.2 Å². The van der Waals surface area contributed by atoms with Crippen LogP contribution in [0.3, 0.4) is 0 Å². The number of benzene rings is 2. The van der Waals surface area contributed by atoms with Gasteiger partial charge in [-0.25, -0.2) is 19.6 Å². The molecule has 0 saturated heterocycles. The molecule has 0 aliphatic heterocycles. The number of aromatic amines is 1. The molecule has 4 amide bonds. The summed E-state index contributed by atoms with van der Waals surface area (Å²) in [5.74, 6) is 0.915. The molecule has 6 aromatic rings. The monoisotopic (exact) mass is 896 g/mol.